The molecule has 7 nitrogen and oxygen atoms in total. The minimum atomic E-state index is -0.297. The van der Waals surface area contributed by atoms with E-state index in [1.165, 1.54) is 11.5 Å². The van der Waals surface area contributed by atoms with Crippen molar-refractivity contribution in [2.24, 2.45) is 11.7 Å². The second-order valence-electron chi connectivity index (χ2n) is 8.82. The Morgan fingerprint density at radius 3 is 2.72 bits per heavy atom. The number of aromatic amines is 1. The van der Waals surface area contributed by atoms with Crippen LogP contribution < -0.4 is 26.4 Å². The zero-order valence-electron chi connectivity index (χ0n) is 16.4. The smallest absolute Gasteiger partial charge is 0.271 e. The maximum atomic E-state index is 13.1. The first-order chi connectivity index (χ1) is 14.0. The van der Waals surface area contributed by atoms with E-state index in [1.807, 2.05) is 12.1 Å². The predicted octanol–water partition coefficient (Wildman–Crippen LogP) is 2.57. The summed E-state index contributed by atoms with van der Waals surface area (Å²) >= 11 is 1.25. The van der Waals surface area contributed by atoms with Crippen LogP contribution in [0.3, 0.4) is 0 Å². The number of anilines is 1. The molecule has 1 saturated heterocycles. The number of nitrogens with zero attached hydrogens (tertiary/aromatic N) is 2. The van der Waals surface area contributed by atoms with E-state index in [1.54, 1.807) is 7.11 Å². The fourth-order valence-corrected chi connectivity index (χ4v) is 5.93. The summed E-state index contributed by atoms with van der Waals surface area (Å²) < 4.78 is 10.8. The first-order valence-electron chi connectivity index (χ1n) is 10.3. The summed E-state index contributed by atoms with van der Waals surface area (Å²) in [5.74, 6) is 1.24. The van der Waals surface area contributed by atoms with Gasteiger partial charge in [-0.05, 0) is 61.7 Å². The lowest BCUT2D eigenvalue weighted by Gasteiger charge is -2.25. The number of fused-ring (bicyclic) bond motifs is 2. The van der Waals surface area contributed by atoms with Crippen molar-refractivity contribution in [3.8, 4) is 5.75 Å². The molecule has 2 saturated carbocycles. The molecule has 3 aromatic rings. The van der Waals surface area contributed by atoms with Gasteiger partial charge in [-0.25, -0.2) is 0 Å². The SMILES string of the molecule is COc1c(N2CCC(C3(N)CC3)C2)ccc2c(=O)c3c(=O)[nH]sc3n(C3CC3)c12. The number of nitrogens with two attached hydrogens (primary N) is 1. The van der Waals surface area contributed by atoms with Crippen LogP contribution in [-0.4, -0.2) is 34.7 Å². The van der Waals surface area contributed by atoms with Crippen molar-refractivity contribution in [3.63, 3.8) is 0 Å². The third kappa shape index (κ3) is 2.45. The molecule has 29 heavy (non-hydrogen) atoms. The molecule has 0 bridgehead atoms. The molecule has 0 radical (unpaired) electrons. The molecule has 6 rings (SSSR count). The molecule has 0 amide bonds. The molecule has 1 unspecified atom stereocenters. The van der Waals surface area contributed by atoms with E-state index in [0.29, 0.717) is 17.3 Å². The summed E-state index contributed by atoms with van der Waals surface area (Å²) in [6, 6.07) is 4.15. The fraction of sp³-hybridized carbons (Fsp3) is 0.524. The van der Waals surface area contributed by atoms with E-state index in [9.17, 15) is 9.59 Å². The topological polar surface area (TPSA) is 93.3 Å². The van der Waals surface area contributed by atoms with Crippen LogP contribution in [0.4, 0.5) is 5.69 Å². The number of aromatic nitrogens is 2. The Kier molecular flexibility index (Phi) is 3.54. The molecule has 3 fully saturated rings. The van der Waals surface area contributed by atoms with Gasteiger partial charge in [0.05, 0.1) is 23.7 Å². The Balaban J connectivity index is 1.59. The largest absolute Gasteiger partial charge is 0.492 e. The van der Waals surface area contributed by atoms with E-state index >= 15 is 0 Å². The fourth-order valence-electron chi connectivity index (χ4n) is 5.02. The van der Waals surface area contributed by atoms with Crippen LogP contribution in [0.2, 0.25) is 0 Å². The monoisotopic (exact) mass is 412 g/mol. The Labute approximate surface area is 171 Å². The molecule has 0 spiro atoms. The van der Waals surface area contributed by atoms with Crippen LogP contribution in [0.15, 0.2) is 21.7 Å². The van der Waals surface area contributed by atoms with Crippen LogP contribution in [0, 0.1) is 5.92 Å². The van der Waals surface area contributed by atoms with E-state index < -0.39 is 0 Å². The number of nitrogens with one attached hydrogen (secondary N) is 1. The molecule has 3 aliphatic rings. The number of hydrogen-bond donors (Lipinski definition) is 2. The van der Waals surface area contributed by atoms with Gasteiger partial charge in [0.2, 0.25) is 5.43 Å². The molecular weight excluding hydrogens is 388 g/mol. The first kappa shape index (κ1) is 17.5. The number of rotatable bonds is 4. The third-order valence-electron chi connectivity index (χ3n) is 7.01. The van der Waals surface area contributed by atoms with Gasteiger partial charge < -0.3 is 19.9 Å². The molecule has 3 N–H and O–H groups in total. The van der Waals surface area contributed by atoms with Crippen LogP contribution in [0.5, 0.6) is 5.75 Å². The van der Waals surface area contributed by atoms with Crippen LogP contribution >= 0.6 is 11.5 Å². The van der Waals surface area contributed by atoms with Gasteiger partial charge in [-0.3, -0.25) is 14.0 Å². The summed E-state index contributed by atoms with van der Waals surface area (Å²) in [6.45, 7) is 1.87. The summed E-state index contributed by atoms with van der Waals surface area (Å²) in [6.07, 6.45) is 5.42. The highest BCUT2D eigenvalue weighted by atomic mass is 32.1. The zero-order chi connectivity index (χ0) is 19.9. The van der Waals surface area contributed by atoms with Crippen molar-refractivity contribution >= 4 is 38.3 Å². The molecular formula is C21H24N4O3S. The highest BCUT2D eigenvalue weighted by molar-refractivity contribution is 7.12. The first-order valence-corrected chi connectivity index (χ1v) is 11.1. The molecule has 1 aliphatic heterocycles. The normalized spacial score (nSPS) is 23.2. The second-order valence-corrected chi connectivity index (χ2v) is 9.62. The summed E-state index contributed by atoms with van der Waals surface area (Å²) in [7, 11) is 1.67. The molecule has 8 heteroatoms. The zero-order valence-corrected chi connectivity index (χ0v) is 17.2. The van der Waals surface area contributed by atoms with Gasteiger partial charge in [0, 0.05) is 24.7 Å². The molecule has 2 aromatic heterocycles. The minimum Gasteiger partial charge on any atom is -0.492 e. The molecule has 1 atom stereocenters. The number of benzene rings is 1. The molecule has 152 valence electrons. The van der Waals surface area contributed by atoms with Gasteiger partial charge in [-0.15, -0.1) is 0 Å². The Morgan fingerprint density at radius 2 is 2.03 bits per heavy atom. The number of methoxy groups -OCH3 is 1. The van der Waals surface area contributed by atoms with Crippen molar-refractivity contribution in [2.45, 2.75) is 43.7 Å². The number of H-pyrrole nitrogens is 1. The van der Waals surface area contributed by atoms with E-state index in [4.69, 9.17) is 10.5 Å². The second kappa shape index (κ2) is 5.86. The van der Waals surface area contributed by atoms with E-state index in [0.717, 1.165) is 67.0 Å². The Bertz CT molecular complexity index is 1260. The van der Waals surface area contributed by atoms with Gasteiger partial charge >= 0.3 is 0 Å². The lowest BCUT2D eigenvalue weighted by Crippen LogP contribution is -2.34. The van der Waals surface area contributed by atoms with Gasteiger partial charge in [-0.1, -0.05) is 0 Å². The average Bonchev–Trinajstić information content (AvgIpc) is 3.60. The number of hydrogen-bond acceptors (Lipinski definition) is 6. The Morgan fingerprint density at radius 1 is 1.24 bits per heavy atom. The molecule has 2 aliphatic carbocycles. The van der Waals surface area contributed by atoms with Crippen molar-refractivity contribution in [1.82, 2.24) is 8.94 Å². The maximum Gasteiger partial charge on any atom is 0.271 e. The highest BCUT2D eigenvalue weighted by Crippen LogP contribution is 2.48. The van der Waals surface area contributed by atoms with Gasteiger partial charge in [0.15, 0.2) is 5.75 Å². The quantitative estimate of drug-likeness (QED) is 0.687. The lowest BCUT2D eigenvalue weighted by molar-refractivity contribution is 0.416. The van der Waals surface area contributed by atoms with Gasteiger partial charge in [0.25, 0.3) is 5.56 Å². The molecule has 1 aromatic carbocycles. The third-order valence-corrected chi connectivity index (χ3v) is 7.89. The maximum absolute atomic E-state index is 13.1. The van der Waals surface area contributed by atoms with E-state index in [-0.39, 0.29) is 21.9 Å². The van der Waals surface area contributed by atoms with Crippen LogP contribution in [-0.2, 0) is 0 Å². The predicted molar refractivity (Wildman–Crippen MR) is 116 cm³/mol. The minimum absolute atomic E-state index is 0.0123. The molecule has 3 heterocycles. The standard InChI is InChI=1S/C21H24N4O3S/c1-28-18-14(24-9-6-11(10-24)21(22)7-8-21)5-4-13-16(18)25(12-2-3-12)20-15(17(13)26)19(27)23-29-20/h4-5,11-12H,2-3,6-10,22H2,1H3,(H,23,27). The van der Waals surface area contributed by atoms with Crippen LogP contribution in [0.25, 0.3) is 21.1 Å². The van der Waals surface area contributed by atoms with Gasteiger partial charge in [0.1, 0.15) is 10.2 Å². The Hall–Kier alpha value is -2.32. The van der Waals surface area contributed by atoms with Crippen LogP contribution in [0.1, 0.15) is 38.1 Å². The van der Waals surface area contributed by atoms with Gasteiger partial charge in [-0.2, -0.15) is 0 Å². The average molecular weight is 413 g/mol. The van der Waals surface area contributed by atoms with E-state index in [2.05, 4.69) is 13.8 Å². The van der Waals surface area contributed by atoms with Crippen molar-refractivity contribution in [2.75, 3.05) is 25.1 Å². The van der Waals surface area contributed by atoms with Crippen molar-refractivity contribution in [1.29, 1.82) is 0 Å². The van der Waals surface area contributed by atoms with Crippen molar-refractivity contribution in [3.05, 3.63) is 32.7 Å². The summed E-state index contributed by atoms with van der Waals surface area (Å²) in [5, 5.41) is 0.825. The number of pyridine rings is 1. The highest BCUT2D eigenvalue weighted by Gasteiger charge is 2.48. The lowest BCUT2D eigenvalue weighted by atomic mass is 9.97. The summed E-state index contributed by atoms with van der Waals surface area (Å²) in [4.78, 5) is 28.5. The number of ether oxygens (including phenoxy) is 1. The summed E-state index contributed by atoms with van der Waals surface area (Å²) in [5.41, 5.74) is 7.81. The van der Waals surface area contributed by atoms with Crippen molar-refractivity contribution < 1.29 is 4.74 Å².